The number of rotatable bonds is 6. The maximum Gasteiger partial charge on any atom is 0.269 e. The van der Waals surface area contributed by atoms with Gasteiger partial charge < -0.3 is 20.1 Å². The largest absolute Gasteiger partial charge is 0.485 e. The van der Waals surface area contributed by atoms with Crippen LogP contribution in [-0.4, -0.2) is 24.5 Å². The Morgan fingerprint density at radius 2 is 1.79 bits per heavy atom. The fraction of sp³-hybridized carbons (Fsp3) is 0.182. The molecule has 1 atom stereocenters. The smallest absolute Gasteiger partial charge is 0.269 e. The van der Waals surface area contributed by atoms with Gasteiger partial charge in [-0.3, -0.25) is 9.59 Å². The summed E-state index contributed by atoms with van der Waals surface area (Å²) in [7, 11) is 0. The molecule has 0 fully saturated rings. The molecule has 2 aromatic carbocycles. The van der Waals surface area contributed by atoms with Crippen molar-refractivity contribution in [1.82, 2.24) is 5.32 Å². The van der Waals surface area contributed by atoms with Crippen LogP contribution >= 0.6 is 11.3 Å². The Morgan fingerprint density at radius 1 is 1.00 bits per heavy atom. The van der Waals surface area contributed by atoms with Crippen molar-refractivity contribution in [3.8, 4) is 11.5 Å². The summed E-state index contributed by atoms with van der Waals surface area (Å²) in [6, 6.07) is 18.4. The van der Waals surface area contributed by atoms with E-state index >= 15 is 0 Å². The molecular weight excluding hydrogens is 388 g/mol. The van der Waals surface area contributed by atoms with E-state index in [1.165, 1.54) is 0 Å². The number of carbonyl (C=O) groups excluding carboxylic acids is 2. The Bertz CT molecular complexity index is 986. The Labute approximate surface area is 172 Å². The molecule has 3 aromatic rings. The molecule has 4 rings (SSSR count). The lowest BCUT2D eigenvalue weighted by Gasteiger charge is -2.25. The molecule has 148 valence electrons. The van der Waals surface area contributed by atoms with Crippen molar-refractivity contribution in [2.45, 2.75) is 19.1 Å². The molecule has 0 aliphatic carbocycles. The van der Waals surface area contributed by atoms with Gasteiger partial charge in [-0.2, -0.15) is 0 Å². The number of amides is 2. The van der Waals surface area contributed by atoms with Gasteiger partial charge >= 0.3 is 0 Å². The number of nitrogens with one attached hydrogen (secondary N) is 2. The maximum absolute atomic E-state index is 12.5. The summed E-state index contributed by atoms with van der Waals surface area (Å²) in [6.07, 6.45) is -0.428. The number of fused-ring (bicyclic) bond motifs is 1. The Morgan fingerprint density at radius 3 is 2.55 bits per heavy atom. The highest BCUT2D eigenvalue weighted by Gasteiger charge is 2.27. The molecule has 0 radical (unpaired) electrons. The lowest BCUT2D eigenvalue weighted by molar-refractivity contribution is -0.125. The van der Waals surface area contributed by atoms with E-state index < -0.39 is 6.10 Å². The Hall–Kier alpha value is -3.32. The van der Waals surface area contributed by atoms with Crippen LogP contribution in [-0.2, 0) is 22.6 Å². The first-order valence-corrected chi connectivity index (χ1v) is 10.1. The van der Waals surface area contributed by atoms with Crippen molar-refractivity contribution in [3.63, 3.8) is 0 Å². The summed E-state index contributed by atoms with van der Waals surface area (Å²) in [6.45, 7) is 0.697. The lowest BCUT2D eigenvalue weighted by Crippen LogP contribution is -2.40. The first-order chi connectivity index (χ1) is 14.2. The van der Waals surface area contributed by atoms with Crippen LogP contribution in [0.2, 0.25) is 0 Å². The molecule has 0 spiro atoms. The van der Waals surface area contributed by atoms with Crippen LogP contribution in [0.5, 0.6) is 11.5 Å². The molecule has 7 heteroatoms. The third-order valence-corrected chi connectivity index (χ3v) is 5.30. The fourth-order valence-electron chi connectivity index (χ4n) is 2.92. The van der Waals surface area contributed by atoms with Gasteiger partial charge in [-0.1, -0.05) is 30.3 Å². The maximum atomic E-state index is 12.5. The van der Waals surface area contributed by atoms with Crippen LogP contribution in [0.4, 0.5) is 5.69 Å². The number of benzene rings is 2. The second-order valence-electron chi connectivity index (χ2n) is 6.58. The Kier molecular flexibility index (Phi) is 5.76. The molecule has 0 unspecified atom stereocenters. The number of hydrogen-bond donors (Lipinski definition) is 2. The quantitative estimate of drug-likeness (QED) is 0.656. The lowest BCUT2D eigenvalue weighted by atomic mass is 10.1. The summed E-state index contributed by atoms with van der Waals surface area (Å²) in [5, 5.41) is 7.71. The van der Waals surface area contributed by atoms with E-state index in [9.17, 15) is 9.59 Å². The normalized spacial score (nSPS) is 14.8. The molecule has 29 heavy (non-hydrogen) atoms. The molecule has 1 aromatic heterocycles. The van der Waals surface area contributed by atoms with Crippen molar-refractivity contribution in [1.29, 1.82) is 0 Å². The van der Waals surface area contributed by atoms with Gasteiger partial charge in [0.25, 0.3) is 5.91 Å². The molecule has 0 saturated heterocycles. The zero-order valence-corrected chi connectivity index (χ0v) is 16.4. The van der Waals surface area contributed by atoms with Crippen LogP contribution in [0, 0.1) is 0 Å². The molecular formula is C22H20N2O4S. The predicted octanol–water partition coefficient (Wildman–Crippen LogP) is 3.39. The topological polar surface area (TPSA) is 76.7 Å². The molecule has 6 nitrogen and oxygen atoms in total. The van der Waals surface area contributed by atoms with Gasteiger partial charge in [-0.15, -0.1) is 11.3 Å². The zero-order valence-electron chi connectivity index (χ0n) is 15.6. The van der Waals surface area contributed by atoms with E-state index in [4.69, 9.17) is 9.47 Å². The monoisotopic (exact) mass is 408 g/mol. The third kappa shape index (κ3) is 4.94. The highest BCUT2D eigenvalue weighted by Crippen LogP contribution is 2.31. The first kappa shape index (κ1) is 19.0. The molecule has 0 bridgehead atoms. The van der Waals surface area contributed by atoms with Gasteiger partial charge in [0.05, 0.1) is 13.0 Å². The molecule has 2 amide bonds. The molecule has 0 saturated carbocycles. The summed E-state index contributed by atoms with van der Waals surface area (Å²) >= 11 is 1.61. The van der Waals surface area contributed by atoms with E-state index in [0.29, 0.717) is 23.7 Å². The average molecular weight is 408 g/mol. The van der Waals surface area contributed by atoms with Gasteiger partial charge in [0, 0.05) is 10.6 Å². The van der Waals surface area contributed by atoms with Crippen LogP contribution in [0.1, 0.15) is 10.4 Å². The van der Waals surface area contributed by atoms with E-state index in [1.54, 1.807) is 35.6 Å². The van der Waals surface area contributed by atoms with Crippen molar-refractivity contribution in [3.05, 3.63) is 76.5 Å². The number of ether oxygens (including phenoxy) is 2. The van der Waals surface area contributed by atoms with Crippen LogP contribution in [0.15, 0.2) is 66.0 Å². The van der Waals surface area contributed by atoms with Gasteiger partial charge in [-0.25, -0.2) is 0 Å². The van der Waals surface area contributed by atoms with Crippen molar-refractivity contribution >= 4 is 28.8 Å². The minimum absolute atomic E-state index is 0.0402. The van der Waals surface area contributed by atoms with E-state index in [-0.39, 0.29) is 24.8 Å². The second kappa shape index (κ2) is 8.79. The zero-order chi connectivity index (χ0) is 20.1. The van der Waals surface area contributed by atoms with E-state index in [2.05, 4.69) is 10.6 Å². The van der Waals surface area contributed by atoms with Gasteiger partial charge in [0.2, 0.25) is 12.0 Å². The number of hydrogen-bond acceptors (Lipinski definition) is 5. The number of thiophene rings is 1. The number of carbonyl (C=O) groups is 2. The Balaban J connectivity index is 1.28. The van der Waals surface area contributed by atoms with Crippen molar-refractivity contribution in [2.24, 2.45) is 0 Å². The van der Waals surface area contributed by atoms with Crippen LogP contribution < -0.4 is 20.1 Å². The summed E-state index contributed by atoms with van der Waals surface area (Å²) in [5.74, 6) is 0.878. The third-order valence-electron chi connectivity index (χ3n) is 4.43. The predicted molar refractivity (Wildman–Crippen MR) is 111 cm³/mol. The van der Waals surface area contributed by atoms with Gasteiger partial charge in [0.1, 0.15) is 6.61 Å². The van der Waals surface area contributed by atoms with Crippen LogP contribution in [0.25, 0.3) is 0 Å². The number of para-hydroxylation sites is 2. The second-order valence-corrected chi connectivity index (χ2v) is 7.62. The number of anilines is 1. The fourth-order valence-corrected chi connectivity index (χ4v) is 3.57. The van der Waals surface area contributed by atoms with Gasteiger partial charge in [0.15, 0.2) is 11.5 Å². The van der Waals surface area contributed by atoms with Crippen molar-refractivity contribution < 1.29 is 19.1 Å². The van der Waals surface area contributed by atoms with Gasteiger partial charge in [-0.05, 0) is 41.3 Å². The summed E-state index contributed by atoms with van der Waals surface area (Å²) < 4.78 is 11.3. The molecule has 2 N–H and O–H groups in total. The highest BCUT2D eigenvalue weighted by atomic mass is 32.1. The van der Waals surface area contributed by atoms with Crippen LogP contribution in [0.3, 0.4) is 0 Å². The first-order valence-electron chi connectivity index (χ1n) is 9.25. The van der Waals surface area contributed by atoms with Crippen molar-refractivity contribution in [2.75, 3.05) is 11.9 Å². The SMILES string of the molecule is O=C(Cc1ccc(NC(=O)[C@@H]2COc3ccccc3O2)cc1)NCc1cccs1. The summed E-state index contributed by atoms with van der Waals surface area (Å²) in [4.78, 5) is 25.6. The minimum Gasteiger partial charge on any atom is -0.485 e. The average Bonchev–Trinajstić information content (AvgIpc) is 3.27. The van der Waals surface area contributed by atoms with E-state index in [1.807, 2.05) is 41.8 Å². The summed E-state index contributed by atoms with van der Waals surface area (Å²) in [5.41, 5.74) is 1.51. The molecule has 2 heterocycles. The molecule has 1 aliphatic rings. The van der Waals surface area contributed by atoms with E-state index in [0.717, 1.165) is 10.4 Å². The highest BCUT2D eigenvalue weighted by molar-refractivity contribution is 7.09. The standard InChI is InChI=1S/C22H20N2O4S/c25-21(23-13-17-4-3-11-29-17)12-15-7-9-16(10-8-15)24-22(26)20-14-27-18-5-1-2-6-19(18)28-20/h1-11,20H,12-14H2,(H,23,25)(H,24,26)/t20-/m0/s1. The minimum atomic E-state index is -0.715. The molecule has 1 aliphatic heterocycles.